The first-order valence-electron chi connectivity index (χ1n) is 12.6. The Bertz CT molecular complexity index is 1090. The molecule has 0 bridgehead atoms. The average molecular weight is 513 g/mol. The van der Waals surface area contributed by atoms with E-state index in [9.17, 15) is 33.9 Å². The maximum Gasteiger partial charge on any atom is 0.309 e. The molecule has 0 aromatic rings. The van der Waals surface area contributed by atoms with Gasteiger partial charge in [0.1, 0.15) is 5.60 Å². The highest BCUT2D eigenvalue weighted by atomic mass is 16.5. The first-order chi connectivity index (χ1) is 17.3. The third-order valence-corrected chi connectivity index (χ3v) is 6.74. The van der Waals surface area contributed by atoms with Gasteiger partial charge >= 0.3 is 5.97 Å². The molecule has 0 radical (unpaired) electrons. The molecular weight excluding hydrogens is 476 g/mol. The molecule has 0 saturated carbocycles. The zero-order valence-electron chi connectivity index (χ0n) is 22.1. The van der Waals surface area contributed by atoms with Gasteiger partial charge in [0.05, 0.1) is 5.41 Å². The topological polar surface area (TPSA) is 132 Å². The van der Waals surface area contributed by atoms with E-state index in [2.05, 4.69) is 0 Å². The second-order valence-electron chi connectivity index (χ2n) is 10.9. The predicted octanol–water partition coefficient (Wildman–Crippen LogP) is 4.57. The van der Waals surface area contributed by atoms with Crippen molar-refractivity contribution in [2.45, 2.75) is 91.1 Å². The van der Waals surface area contributed by atoms with Crippen molar-refractivity contribution < 1.29 is 38.6 Å². The van der Waals surface area contributed by atoms with Gasteiger partial charge in [-0.3, -0.25) is 28.8 Å². The summed E-state index contributed by atoms with van der Waals surface area (Å²) in [6.45, 7) is 7.20. The molecule has 200 valence electrons. The number of allylic oxidation sites excluding steroid dienone is 8. The van der Waals surface area contributed by atoms with Crippen molar-refractivity contribution in [1.82, 2.24) is 0 Å². The zero-order chi connectivity index (χ0) is 27.8. The summed E-state index contributed by atoms with van der Waals surface area (Å²) in [5.41, 5.74) is -0.0253. The lowest BCUT2D eigenvalue weighted by Crippen LogP contribution is -2.24. The van der Waals surface area contributed by atoms with Gasteiger partial charge in [0.15, 0.2) is 23.1 Å². The molecule has 37 heavy (non-hydrogen) atoms. The van der Waals surface area contributed by atoms with E-state index in [-0.39, 0.29) is 29.6 Å². The van der Waals surface area contributed by atoms with Gasteiger partial charge in [0.25, 0.3) is 6.47 Å². The minimum atomic E-state index is -0.911. The molecule has 0 heterocycles. The van der Waals surface area contributed by atoms with Crippen LogP contribution in [0.25, 0.3) is 0 Å². The summed E-state index contributed by atoms with van der Waals surface area (Å²) < 4.78 is 5.02. The van der Waals surface area contributed by atoms with Gasteiger partial charge < -0.3 is 9.84 Å². The van der Waals surface area contributed by atoms with Crippen LogP contribution in [0.5, 0.6) is 0 Å². The van der Waals surface area contributed by atoms with Crippen LogP contribution in [0.15, 0.2) is 46.6 Å². The summed E-state index contributed by atoms with van der Waals surface area (Å²) >= 11 is 0. The Labute approximate surface area is 217 Å². The number of Topliss-reactive ketones (excluding diaryl/α,β-unsaturated/α-hetero) is 2. The summed E-state index contributed by atoms with van der Waals surface area (Å²) in [5, 5.41) is 9.25. The first kappa shape index (κ1) is 29.8. The third kappa shape index (κ3) is 8.88. The smallest absolute Gasteiger partial charge is 0.309 e. The highest BCUT2D eigenvalue weighted by Crippen LogP contribution is 2.29. The molecule has 0 aliphatic heterocycles. The lowest BCUT2D eigenvalue weighted by atomic mass is 9.84. The number of rotatable bonds is 15. The summed E-state index contributed by atoms with van der Waals surface area (Å²) in [6.07, 6.45) is 8.95. The minimum absolute atomic E-state index is 0.199. The number of aliphatic carboxylic acids is 1. The molecule has 0 aromatic carbocycles. The highest BCUT2D eigenvalue weighted by Gasteiger charge is 2.28. The lowest BCUT2D eigenvalue weighted by Gasteiger charge is -2.22. The molecule has 0 unspecified atom stereocenters. The number of ether oxygens (including phenoxy) is 1. The van der Waals surface area contributed by atoms with Crippen LogP contribution < -0.4 is 0 Å². The van der Waals surface area contributed by atoms with Crippen LogP contribution in [-0.2, 0) is 33.5 Å². The summed E-state index contributed by atoms with van der Waals surface area (Å²) in [4.78, 5) is 72.0. The Kier molecular flexibility index (Phi) is 10.2. The van der Waals surface area contributed by atoms with E-state index in [0.717, 1.165) is 0 Å². The quantitative estimate of drug-likeness (QED) is 0.249. The molecule has 2 rings (SSSR count). The van der Waals surface area contributed by atoms with Crippen molar-refractivity contribution in [3.05, 3.63) is 46.6 Å². The predicted molar refractivity (Wildman–Crippen MR) is 137 cm³/mol. The molecule has 2 aliphatic rings. The lowest BCUT2D eigenvalue weighted by molar-refractivity contribution is -0.147. The largest absolute Gasteiger partial charge is 0.481 e. The molecule has 0 fully saturated rings. The van der Waals surface area contributed by atoms with Crippen LogP contribution in [0, 0.1) is 5.41 Å². The maximum absolute atomic E-state index is 12.9. The van der Waals surface area contributed by atoms with Crippen molar-refractivity contribution in [1.29, 1.82) is 0 Å². The van der Waals surface area contributed by atoms with Crippen LogP contribution in [0.2, 0.25) is 0 Å². The Morgan fingerprint density at radius 3 is 1.49 bits per heavy atom. The second kappa shape index (κ2) is 12.7. The number of ketones is 4. The van der Waals surface area contributed by atoms with Crippen LogP contribution in [-0.4, -0.2) is 46.3 Å². The Balaban J connectivity index is 1.89. The summed E-state index contributed by atoms with van der Waals surface area (Å²) in [6, 6.07) is 0. The molecular formula is C29H36O8. The SMILES string of the molecule is CC(C)(CCCC1=CC(=O)C=C(CCCC2=CC(=O)C=C(CCCC(C)(C)C(=O)O)C2=O)C1=O)OC=O. The van der Waals surface area contributed by atoms with E-state index in [4.69, 9.17) is 4.74 Å². The normalized spacial score (nSPS) is 16.6. The van der Waals surface area contributed by atoms with Crippen molar-refractivity contribution in [2.75, 3.05) is 0 Å². The standard InChI is InChI=1S/C29H36O8/c1-28(2,27(35)36)12-6-10-21-16-23(31)14-19(25(21)33)8-5-9-20-15-24(32)17-22(26(20)34)11-7-13-29(3,4)37-18-30/h14-18H,5-13H2,1-4H3,(H,35,36). The Morgan fingerprint density at radius 1 is 0.730 bits per heavy atom. The van der Waals surface area contributed by atoms with Gasteiger partial charge in [-0.25, -0.2) is 0 Å². The number of carboxylic acids is 1. The van der Waals surface area contributed by atoms with E-state index in [1.165, 1.54) is 24.3 Å². The van der Waals surface area contributed by atoms with Gasteiger partial charge in [-0.15, -0.1) is 0 Å². The molecule has 0 aromatic heterocycles. The third-order valence-electron chi connectivity index (χ3n) is 6.74. The van der Waals surface area contributed by atoms with Crippen LogP contribution in [0.4, 0.5) is 0 Å². The Morgan fingerprint density at radius 2 is 1.11 bits per heavy atom. The van der Waals surface area contributed by atoms with Crippen molar-refractivity contribution in [3.63, 3.8) is 0 Å². The zero-order valence-corrected chi connectivity index (χ0v) is 22.1. The Hall–Kier alpha value is -3.42. The molecule has 0 spiro atoms. The molecule has 2 aliphatic carbocycles. The van der Waals surface area contributed by atoms with Gasteiger partial charge in [0.2, 0.25) is 0 Å². The van der Waals surface area contributed by atoms with E-state index in [0.29, 0.717) is 80.1 Å². The molecule has 8 nitrogen and oxygen atoms in total. The van der Waals surface area contributed by atoms with Gasteiger partial charge in [-0.05, 0) is 110 Å². The van der Waals surface area contributed by atoms with E-state index in [1.54, 1.807) is 27.7 Å². The summed E-state index contributed by atoms with van der Waals surface area (Å²) in [7, 11) is 0. The van der Waals surface area contributed by atoms with Gasteiger partial charge in [0, 0.05) is 22.3 Å². The van der Waals surface area contributed by atoms with E-state index >= 15 is 0 Å². The van der Waals surface area contributed by atoms with Crippen LogP contribution in [0.1, 0.15) is 85.5 Å². The number of hydrogen-bond donors (Lipinski definition) is 1. The molecule has 0 amide bonds. The molecule has 8 heteroatoms. The molecule has 0 atom stereocenters. The number of carbonyl (C=O) groups is 6. The average Bonchev–Trinajstić information content (AvgIpc) is 2.79. The fourth-order valence-electron chi connectivity index (χ4n) is 4.38. The second-order valence-corrected chi connectivity index (χ2v) is 10.9. The summed E-state index contributed by atoms with van der Waals surface area (Å²) in [5.74, 6) is -1.88. The van der Waals surface area contributed by atoms with E-state index < -0.39 is 17.0 Å². The van der Waals surface area contributed by atoms with Crippen molar-refractivity contribution >= 4 is 35.6 Å². The van der Waals surface area contributed by atoms with Crippen LogP contribution >= 0.6 is 0 Å². The number of carbonyl (C=O) groups excluding carboxylic acids is 5. The fraction of sp³-hybridized carbons (Fsp3) is 0.517. The van der Waals surface area contributed by atoms with Crippen molar-refractivity contribution in [3.8, 4) is 0 Å². The highest BCUT2D eigenvalue weighted by molar-refractivity contribution is 6.21. The number of hydrogen-bond acceptors (Lipinski definition) is 7. The minimum Gasteiger partial charge on any atom is -0.481 e. The maximum atomic E-state index is 12.9. The monoisotopic (exact) mass is 512 g/mol. The van der Waals surface area contributed by atoms with Gasteiger partial charge in [-0.2, -0.15) is 0 Å². The van der Waals surface area contributed by atoms with E-state index in [1.807, 2.05) is 0 Å². The van der Waals surface area contributed by atoms with Crippen LogP contribution in [0.3, 0.4) is 0 Å². The molecule has 0 saturated heterocycles. The fourth-order valence-corrected chi connectivity index (χ4v) is 4.38. The van der Waals surface area contributed by atoms with Gasteiger partial charge in [-0.1, -0.05) is 0 Å². The van der Waals surface area contributed by atoms with Crippen molar-refractivity contribution in [2.24, 2.45) is 5.41 Å². The molecule has 1 N–H and O–H groups in total. The number of carboxylic acid groups (broad SMARTS) is 1. The first-order valence-corrected chi connectivity index (χ1v) is 12.6.